The predicted octanol–water partition coefficient (Wildman–Crippen LogP) is 1.70. The Bertz CT molecular complexity index is 413. The van der Waals surface area contributed by atoms with Gasteiger partial charge in [-0.1, -0.05) is 19.8 Å². The minimum absolute atomic E-state index is 0.118. The Labute approximate surface area is 108 Å². The van der Waals surface area contributed by atoms with Crippen LogP contribution in [0.1, 0.15) is 49.5 Å². The molecule has 0 saturated heterocycles. The first-order valence-electron chi connectivity index (χ1n) is 6.64. The molecule has 0 aromatic carbocycles. The van der Waals surface area contributed by atoms with Crippen LogP contribution in [0, 0.1) is 5.41 Å². The van der Waals surface area contributed by atoms with Gasteiger partial charge in [0.1, 0.15) is 5.69 Å². The first kappa shape index (κ1) is 12.9. The number of hydrogen-bond donors (Lipinski definition) is 2. The molecule has 100 valence electrons. The molecule has 1 aliphatic carbocycles. The van der Waals surface area contributed by atoms with Gasteiger partial charge < -0.3 is 11.1 Å². The highest BCUT2D eigenvalue weighted by Gasteiger charge is 2.32. The van der Waals surface area contributed by atoms with Crippen molar-refractivity contribution in [1.29, 1.82) is 0 Å². The number of aryl methyl sites for hydroxylation is 1. The van der Waals surface area contributed by atoms with Crippen molar-refractivity contribution in [3.63, 3.8) is 0 Å². The molecule has 3 N–H and O–H groups in total. The SMILES string of the molecule is CCC1(CNC(=O)c2c(N)cnn2C)CCCC1. The molecule has 1 fully saturated rings. The van der Waals surface area contributed by atoms with Gasteiger partial charge in [0, 0.05) is 13.6 Å². The van der Waals surface area contributed by atoms with E-state index in [4.69, 9.17) is 5.73 Å². The third-order valence-corrected chi connectivity index (χ3v) is 4.22. The Morgan fingerprint density at radius 1 is 1.56 bits per heavy atom. The van der Waals surface area contributed by atoms with Crippen molar-refractivity contribution in [3.8, 4) is 0 Å². The molecule has 1 amide bonds. The summed E-state index contributed by atoms with van der Waals surface area (Å²) in [6.45, 7) is 2.95. The van der Waals surface area contributed by atoms with Gasteiger partial charge in [0.2, 0.25) is 0 Å². The highest BCUT2D eigenvalue weighted by molar-refractivity contribution is 5.97. The number of nitrogens with zero attached hydrogens (tertiary/aromatic N) is 2. The second kappa shape index (κ2) is 5.00. The zero-order valence-electron chi connectivity index (χ0n) is 11.2. The Morgan fingerprint density at radius 3 is 2.72 bits per heavy atom. The number of nitrogens with one attached hydrogen (secondary N) is 1. The van der Waals surface area contributed by atoms with Gasteiger partial charge in [0.25, 0.3) is 5.91 Å². The predicted molar refractivity (Wildman–Crippen MR) is 71.1 cm³/mol. The molecule has 0 radical (unpaired) electrons. The van der Waals surface area contributed by atoms with Crippen LogP contribution in [-0.4, -0.2) is 22.2 Å². The molecule has 1 aromatic heterocycles. The Morgan fingerprint density at radius 2 is 2.22 bits per heavy atom. The van der Waals surface area contributed by atoms with Crippen LogP contribution in [0.25, 0.3) is 0 Å². The maximum atomic E-state index is 12.1. The van der Waals surface area contributed by atoms with E-state index < -0.39 is 0 Å². The van der Waals surface area contributed by atoms with E-state index in [2.05, 4.69) is 17.3 Å². The second-order valence-corrected chi connectivity index (χ2v) is 5.32. The molecule has 0 unspecified atom stereocenters. The standard InChI is InChI=1S/C13H22N4O/c1-3-13(6-4-5-7-13)9-15-12(18)11-10(14)8-16-17(11)2/h8H,3-7,9,14H2,1-2H3,(H,15,18). The van der Waals surface area contributed by atoms with Gasteiger partial charge in [-0.15, -0.1) is 0 Å². The summed E-state index contributed by atoms with van der Waals surface area (Å²) in [4.78, 5) is 12.1. The summed E-state index contributed by atoms with van der Waals surface area (Å²) >= 11 is 0. The summed E-state index contributed by atoms with van der Waals surface area (Å²) in [5.74, 6) is -0.118. The van der Waals surface area contributed by atoms with Crippen LogP contribution in [0.2, 0.25) is 0 Å². The third kappa shape index (κ3) is 2.35. The maximum Gasteiger partial charge on any atom is 0.271 e. The molecule has 1 aromatic rings. The lowest BCUT2D eigenvalue weighted by atomic mass is 9.83. The van der Waals surface area contributed by atoms with E-state index in [1.165, 1.54) is 36.6 Å². The van der Waals surface area contributed by atoms with Gasteiger partial charge >= 0.3 is 0 Å². The summed E-state index contributed by atoms with van der Waals surface area (Å²) in [7, 11) is 1.73. The minimum atomic E-state index is -0.118. The molecule has 2 rings (SSSR count). The molecule has 5 nitrogen and oxygen atoms in total. The lowest BCUT2D eigenvalue weighted by Crippen LogP contribution is -2.36. The molecule has 5 heteroatoms. The molecule has 18 heavy (non-hydrogen) atoms. The molecular weight excluding hydrogens is 228 g/mol. The van der Waals surface area contributed by atoms with Crippen LogP contribution in [0.3, 0.4) is 0 Å². The van der Waals surface area contributed by atoms with E-state index in [1.54, 1.807) is 7.05 Å². The number of hydrogen-bond acceptors (Lipinski definition) is 3. The van der Waals surface area contributed by atoms with Gasteiger partial charge in [0.15, 0.2) is 0 Å². The van der Waals surface area contributed by atoms with Crippen molar-refractivity contribution in [3.05, 3.63) is 11.9 Å². The first-order valence-corrected chi connectivity index (χ1v) is 6.64. The summed E-state index contributed by atoms with van der Waals surface area (Å²) in [6, 6.07) is 0. The molecule has 0 atom stereocenters. The molecule has 0 bridgehead atoms. The summed E-state index contributed by atoms with van der Waals surface area (Å²) < 4.78 is 1.53. The van der Waals surface area contributed by atoms with Crippen LogP contribution in [0.4, 0.5) is 5.69 Å². The fourth-order valence-electron chi connectivity index (χ4n) is 2.86. The van der Waals surface area contributed by atoms with Crippen molar-refractivity contribution < 1.29 is 4.79 Å². The molecule has 1 aliphatic rings. The molecular formula is C13H22N4O. The average molecular weight is 250 g/mol. The van der Waals surface area contributed by atoms with Gasteiger partial charge in [-0.05, 0) is 24.7 Å². The fraction of sp³-hybridized carbons (Fsp3) is 0.692. The summed E-state index contributed by atoms with van der Waals surface area (Å²) in [5.41, 5.74) is 6.94. The van der Waals surface area contributed by atoms with Crippen LogP contribution >= 0.6 is 0 Å². The van der Waals surface area contributed by atoms with Crippen molar-refractivity contribution in [1.82, 2.24) is 15.1 Å². The number of amides is 1. The van der Waals surface area contributed by atoms with Gasteiger partial charge in [-0.25, -0.2) is 0 Å². The Kier molecular flexibility index (Phi) is 3.59. The van der Waals surface area contributed by atoms with E-state index in [9.17, 15) is 4.79 Å². The van der Waals surface area contributed by atoms with Crippen molar-refractivity contribution in [2.75, 3.05) is 12.3 Å². The summed E-state index contributed by atoms with van der Waals surface area (Å²) in [5, 5.41) is 7.01. The van der Waals surface area contributed by atoms with Gasteiger partial charge in [-0.3, -0.25) is 9.48 Å². The Balaban J connectivity index is 2.00. The van der Waals surface area contributed by atoms with E-state index >= 15 is 0 Å². The Hall–Kier alpha value is -1.52. The monoisotopic (exact) mass is 250 g/mol. The first-order chi connectivity index (χ1) is 8.58. The highest BCUT2D eigenvalue weighted by atomic mass is 16.2. The van der Waals surface area contributed by atoms with E-state index in [0.717, 1.165) is 13.0 Å². The van der Waals surface area contributed by atoms with Crippen molar-refractivity contribution >= 4 is 11.6 Å². The van der Waals surface area contributed by atoms with E-state index in [-0.39, 0.29) is 5.91 Å². The number of carbonyl (C=O) groups is 1. The lowest BCUT2D eigenvalue weighted by molar-refractivity contribution is 0.0920. The lowest BCUT2D eigenvalue weighted by Gasteiger charge is -2.27. The van der Waals surface area contributed by atoms with E-state index in [0.29, 0.717) is 16.8 Å². The van der Waals surface area contributed by atoms with Crippen molar-refractivity contribution in [2.24, 2.45) is 12.5 Å². The molecule has 0 aliphatic heterocycles. The van der Waals surface area contributed by atoms with Crippen LogP contribution in [0.15, 0.2) is 6.20 Å². The highest BCUT2D eigenvalue weighted by Crippen LogP contribution is 2.40. The maximum absolute atomic E-state index is 12.1. The fourth-order valence-corrected chi connectivity index (χ4v) is 2.86. The van der Waals surface area contributed by atoms with Crippen LogP contribution in [0.5, 0.6) is 0 Å². The smallest absolute Gasteiger partial charge is 0.271 e. The van der Waals surface area contributed by atoms with Crippen LogP contribution in [-0.2, 0) is 7.05 Å². The quantitative estimate of drug-likeness (QED) is 0.854. The molecule has 1 saturated carbocycles. The normalized spacial score (nSPS) is 17.9. The molecule has 0 spiro atoms. The molecule has 1 heterocycles. The zero-order chi connectivity index (χ0) is 13.2. The number of rotatable bonds is 4. The van der Waals surface area contributed by atoms with Gasteiger partial charge in [0.05, 0.1) is 11.9 Å². The number of carbonyl (C=O) groups excluding carboxylic acids is 1. The van der Waals surface area contributed by atoms with E-state index in [1.807, 2.05) is 0 Å². The number of nitrogen functional groups attached to an aromatic ring is 1. The number of nitrogens with two attached hydrogens (primary N) is 1. The summed E-state index contributed by atoms with van der Waals surface area (Å²) in [6.07, 6.45) is 7.61. The second-order valence-electron chi connectivity index (χ2n) is 5.32. The van der Waals surface area contributed by atoms with Crippen molar-refractivity contribution in [2.45, 2.75) is 39.0 Å². The average Bonchev–Trinajstić information content (AvgIpc) is 2.95. The largest absolute Gasteiger partial charge is 0.396 e. The van der Waals surface area contributed by atoms with Gasteiger partial charge in [-0.2, -0.15) is 5.10 Å². The minimum Gasteiger partial charge on any atom is -0.396 e. The number of anilines is 1. The topological polar surface area (TPSA) is 72.9 Å². The zero-order valence-corrected chi connectivity index (χ0v) is 11.2. The number of aromatic nitrogens is 2. The third-order valence-electron chi connectivity index (χ3n) is 4.22. The van der Waals surface area contributed by atoms with Crippen LogP contribution < -0.4 is 11.1 Å².